The van der Waals surface area contributed by atoms with Gasteiger partial charge in [-0.2, -0.15) is 0 Å². The second-order valence-corrected chi connectivity index (χ2v) is 7.03. The summed E-state index contributed by atoms with van der Waals surface area (Å²) in [4.78, 5) is 2.60. The van der Waals surface area contributed by atoms with Gasteiger partial charge in [-0.15, -0.1) is 0 Å². The average molecular weight is 313 g/mol. The lowest BCUT2D eigenvalue weighted by molar-refractivity contribution is 0.134. The van der Waals surface area contributed by atoms with E-state index in [1.54, 1.807) is 0 Å². The SMILES string of the molecule is CC1CNC(C2CC2)CN1CCc1ccc(Cl)cc1Cl. The quantitative estimate of drug-likeness (QED) is 0.913. The number of hydrogen-bond acceptors (Lipinski definition) is 2. The molecule has 1 aliphatic carbocycles. The van der Waals surface area contributed by atoms with Gasteiger partial charge >= 0.3 is 0 Å². The summed E-state index contributed by atoms with van der Waals surface area (Å²) < 4.78 is 0. The van der Waals surface area contributed by atoms with E-state index in [-0.39, 0.29) is 0 Å². The monoisotopic (exact) mass is 312 g/mol. The van der Waals surface area contributed by atoms with Crippen LogP contribution >= 0.6 is 23.2 Å². The molecule has 2 unspecified atom stereocenters. The fraction of sp³-hybridized carbons (Fsp3) is 0.625. The summed E-state index contributed by atoms with van der Waals surface area (Å²) in [5.41, 5.74) is 1.20. The molecule has 2 nitrogen and oxygen atoms in total. The molecule has 1 saturated heterocycles. The summed E-state index contributed by atoms with van der Waals surface area (Å²) in [5, 5.41) is 5.19. The predicted octanol–water partition coefficient (Wildman–Crippen LogP) is 3.61. The Bertz CT molecular complexity index is 474. The smallest absolute Gasteiger partial charge is 0.0453 e. The number of nitrogens with one attached hydrogen (secondary N) is 1. The van der Waals surface area contributed by atoms with E-state index in [1.165, 1.54) is 24.9 Å². The normalized spacial score (nSPS) is 27.8. The number of benzene rings is 1. The Balaban J connectivity index is 1.58. The Morgan fingerprint density at radius 1 is 1.30 bits per heavy atom. The lowest BCUT2D eigenvalue weighted by atomic mass is 10.0. The van der Waals surface area contributed by atoms with Crippen molar-refractivity contribution in [1.82, 2.24) is 10.2 Å². The van der Waals surface area contributed by atoms with Crippen molar-refractivity contribution in [3.63, 3.8) is 0 Å². The minimum absolute atomic E-state index is 0.607. The van der Waals surface area contributed by atoms with E-state index < -0.39 is 0 Å². The van der Waals surface area contributed by atoms with Crippen LogP contribution < -0.4 is 5.32 Å². The average Bonchev–Trinajstić information content (AvgIpc) is 3.24. The zero-order valence-corrected chi connectivity index (χ0v) is 13.4. The van der Waals surface area contributed by atoms with Crippen molar-refractivity contribution in [2.45, 2.75) is 38.3 Å². The molecule has 1 saturated carbocycles. The van der Waals surface area contributed by atoms with Crippen LogP contribution in [0.5, 0.6) is 0 Å². The summed E-state index contributed by atoms with van der Waals surface area (Å²) in [6.07, 6.45) is 3.81. The van der Waals surface area contributed by atoms with Crippen LogP contribution in [0.25, 0.3) is 0 Å². The first-order chi connectivity index (χ1) is 9.63. The van der Waals surface area contributed by atoms with E-state index in [4.69, 9.17) is 23.2 Å². The highest BCUT2D eigenvalue weighted by Gasteiger charge is 2.35. The molecule has 0 amide bonds. The van der Waals surface area contributed by atoms with Crippen LogP contribution in [-0.4, -0.2) is 36.6 Å². The number of nitrogens with zero attached hydrogens (tertiary/aromatic N) is 1. The van der Waals surface area contributed by atoms with Gasteiger partial charge in [-0.05, 0) is 49.8 Å². The third-order valence-electron chi connectivity index (χ3n) is 4.60. The summed E-state index contributed by atoms with van der Waals surface area (Å²) in [6.45, 7) is 5.67. The minimum atomic E-state index is 0.607. The van der Waals surface area contributed by atoms with Crippen molar-refractivity contribution in [2.75, 3.05) is 19.6 Å². The Labute approximate surface area is 131 Å². The minimum Gasteiger partial charge on any atom is -0.311 e. The molecular formula is C16H22Cl2N2. The molecule has 1 aromatic carbocycles. The molecule has 1 N–H and O–H groups in total. The van der Waals surface area contributed by atoms with E-state index in [9.17, 15) is 0 Å². The van der Waals surface area contributed by atoms with Crippen LogP contribution in [0.3, 0.4) is 0 Å². The van der Waals surface area contributed by atoms with Gasteiger partial charge in [-0.3, -0.25) is 4.90 Å². The van der Waals surface area contributed by atoms with E-state index >= 15 is 0 Å². The second kappa shape index (κ2) is 6.23. The predicted molar refractivity (Wildman–Crippen MR) is 85.7 cm³/mol. The van der Waals surface area contributed by atoms with E-state index in [0.29, 0.717) is 17.1 Å². The highest BCUT2D eigenvalue weighted by atomic mass is 35.5. The van der Waals surface area contributed by atoms with Crippen LogP contribution in [0.15, 0.2) is 18.2 Å². The topological polar surface area (TPSA) is 15.3 Å². The van der Waals surface area contributed by atoms with Crippen LogP contribution in [0.2, 0.25) is 10.0 Å². The molecule has 2 atom stereocenters. The Morgan fingerprint density at radius 2 is 2.10 bits per heavy atom. The number of hydrogen-bond donors (Lipinski definition) is 1. The molecule has 2 aliphatic rings. The molecular weight excluding hydrogens is 291 g/mol. The van der Waals surface area contributed by atoms with Crippen LogP contribution in [0, 0.1) is 5.92 Å². The fourth-order valence-corrected chi connectivity index (χ4v) is 3.57. The molecule has 0 radical (unpaired) electrons. The molecule has 3 rings (SSSR count). The molecule has 0 aromatic heterocycles. The number of halogens is 2. The summed E-state index contributed by atoms with van der Waals surface area (Å²) >= 11 is 12.2. The molecule has 4 heteroatoms. The van der Waals surface area contributed by atoms with Crippen molar-refractivity contribution in [3.8, 4) is 0 Å². The van der Waals surface area contributed by atoms with Crippen LogP contribution in [-0.2, 0) is 6.42 Å². The first kappa shape index (κ1) is 14.6. The van der Waals surface area contributed by atoms with Crippen molar-refractivity contribution in [2.24, 2.45) is 5.92 Å². The maximum atomic E-state index is 6.26. The molecule has 20 heavy (non-hydrogen) atoms. The van der Waals surface area contributed by atoms with Gasteiger partial charge in [0.2, 0.25) is 0 Å². The van der Waals surface area contributed by atoms with Gasteiger partial charge in [0.1, 0.15) is 0 Å². The lowest BCUT2D eigenvalue weighted by Gasteiger charge is -2.39. The highest BCUT2D eigenvalue weighted by molar-refractivity contribution is 6.35. The Hall–Kier alpha value is -0.280. The van der Waals surface area contributed by atoms with E-state index in [1.807, 2.05) is 12.1 Å². The first-order valence-corrected chi connectivity index (χ1v) is 8.30. The van der Waals surface area contributed by atoms with Gasteiger partial charge in [-0.1, -0.05) is 29.3 Å². The van der Waals surface area contributed by atoms with Crippen molar-refractivity contribution >= 4 is 23.2 Å². The van der Waals surface area contributed by atoms with Crippen molar-refractivity contribution in [1.29, 1.82) is 0 Å². The van der Waals surface area contributed by atoms with Gasteiger partial charge in [-0.25, -0.2) is 0 Å². The van der Waals surface area contributed by atoms with Gasteiger partial charge in [0.15, 0.2) is 0 Å². The fourth-order valence-electron chi connectivity index (χ4n) is 3.06. The Kier molecular flexibility index (Phi) is 4.56. The molecule has 1 heterocycles. The summed E-state index contributed by atoms with van der Waals surface area (Å²) in [7, 11) is 0. The lowest BCUT2D eigenvalue weighted by Crippen LogP contribution is -2.56. The van der Waals surface area contributed by atoms with Crippen molar-refractivity contribution < 1.29 is 0 Å². The molecule has 110 valence electrons. The zero-order chi connectivity index (χ0) is 14.1. The standard InChI is InChI=1S/C16H22Cl2N2/c1-11-9-19-16(13-2-3-13)10-20(11)7-6-12-4-5-14(17)8-15(12)18/h4-5,8,11,13,16,19H,2-3,6-7,9-10H2,1H3. The summed E-state index contributed by atoms with van der Waals surface area (Å²) in [6, 6.07) is 7.13. The first-order valence-electron chi connectivity index (χ1n) is 7.55. The van der Waals surface area contributed by atoms with Crippen molar-refractivity contribution in [3.05, 3.63) is 33.8 Å². The van der Waals surface area contributed by atoms with E-state index in [0.717, 1.165) is 30.5 Å². The van der Waals surface area contributed by atoms with Gasteiger partial charge in [0.05, 0.1) is 0 Å². The van der Waals surface area contributed by atoms with E-state index in [2.05, 4.69) is 23.2 Å². The molecule has 0 bridgehead atoms. The van der Waals surface area contributed by atoms with Crippen LogP contribution in [0.1, 0.15) is 25.3 Å². The largest absolute Gasteiger partial charge is 0.311 e. The maximum absolute atomic E-state index is 6.26. The second-order valence-electron chi connectivity index (χ2n) is 6.18. The Morgan fingerprint density at radius 3 is 2.80 bits per heavy atom. The van der Waals surface area contributed by atoms with Gasteiger partial charge < -0.3 is 5.32 Å². The zero-order valence-electron chi connectivity index (χ0n) is 11.9. The number of rotatable bonds is 4. The number of piperazine rings is 1. The van der Waals surface area contributed by atoms with Gasteiger partial charge in [0.25, 0.3) is 0 Å². The molecule has 1 aromatic rings. The van der Waals surface area contributed by atoms with Crippen LogP contribution in [0.4, 0.5) is 0 Å². The van der Waals surface area contributed by atoms with Gasteiger partial charge in [0, 0.05) is 41.8 Å². The molecule has 2 fully saturated rings. The summed E-state index contributed by atoms with van der Waals surface area (Å²) in [5.74, 6) is 0.920. The molecule has 0 spiro atoms. The third-order valence-corrected chi connectivity index (χ3v) is 5.19. The third kappa shape index (κ3) is 3.48. The molecule has 1 aliphatic heterocycles. The highest BCUT2D eigenvalue weighted by Crippen LogP contribution is 2.34. The maximum Gasteiger partial charge on any atom is 0.0453 e.